The molecule has 0 bridgehead atoms. The van der Waals surface area contributed by atoms with E-state index in [9.17, 15) is 24.0 Å². The highest BCUT2D eigenvalue weighted by atomic mass is 16.5. The lowest BCUT2D eigenvalue weighted by Gasteiger charge is -2.21. The Morgan fingerprint density at radius 2 is 1.36 bits per heavy atom. The molecule has 1 aliphatic carbocycles. The first-order valence-corrected chi connectivity index (χ1v) is 19.5. The number of nitrogens with one attached hydrogen (secondary N) is 3. The third kappa shape index (κ3) is 13.1. The number of Topliss-reactive ketones (excluding diaryl/α,β-unsaturated/α-hetero) is 1. The molecule has 3 aromatic rings. The van der Waals surface area contributed by atoms with Crippen molar-refractivity contribution >= 4 is 29.6 Å². The van der Waals surface area contributed by atoms with Gasteiger partial charge in [0.15, 0.2) is 5.78 Å². The molecule has 1 aliphatic rings. The highest BCUT2D eigenvalue weighted by molar-refractivity contribution is 5.98. The second-order valence-electron chi connectivity index (χ2n) is 13.8. The fourth-order valence-corrected chi connectivity index (χ4v) is 6.60. The van der Waals surface area contributed by atoms with Crippen LogP contribution in [-0.2, 0) is 14.3 Å². The molecule has 4 rings (SSSR count). The van der Waals surface area contributed by atoms with Gasteiger partial charge in [0.25, 0.3) is 11.8 Å². The molecule has 0 fully saturated rings. The Balaban J connectivity index is 1.20. The number of hydrogen-bond donors (Lipinski definition) is 5. The molecule has 56 heavy (non-hydrogen) atoms. The number of primary amides is 1. The summed E-state index contributed by atoms with van der Waals surface area (Å²) in [5.41, 5.74) is 16.6. The molecular weight excluding hydrogens is 707 g/mol. The van der Waals surface area contributed by atoms with Crippen LogP contribution in [-0.4, -0.2) is 61.9 Å². The molecule has 0 spiro atoms. The van der Waals surface area contributed by atoms with Crippen molar-refractivity contribution in [2.75, 3.05) is 26.2 Å². The van der Waals surface area contributed by atoms with E-state index in [1.54, 1.807) is 24.3 Å². The van der Waals surface area contributed by atoms with Crippen LogP contribution < -0.4 is 27.4 Å². The van der Waals surface area contributed by atoms with E-state index in [-0.39, 0.29) is 43.1 Å². The molecule has 11 heteroatoms. The van der Waals surface area contributed by atoms with Gasteiger partial charge < -0.3 is 32.2 Å². The first-order valence-electron chi connectivity index (χ1n) is 19.5. The first-order chi connectivity index (χ1) is 27.2. The van der Waals surface area contributed by atoms with E-state index in [1.807, 2.05) is 36.4 Å². The van der Waals surface area contributed by atoms with Gasteiger partial charge in [-0.2, -0.15) is 0 Å². The van der Waals surface area contributed by atoms with Gasteiger partial charge in [0.1, 0.15) is 6.61 Å². The number of carbonyl (C=O) groups is 5. The van der Waals surface area contributed by atoms with Crippen molar-refractivity contribution < 1.29 is 28.7 Å². The van der Waals surface area contributed by atoms with Crippen molar-refractivity contribution in [3.8, 4) is 34.8 Å². The number of rotatable bonds is 21. The summed E-state index contributed by atoms with van der Waals surface area (Å²) >= 11 is 0. The Bertz CT molecular complexity index is 1890. The Morgan fingerprint density at radius 1 is 0.750 bits per heavy atom. The van der Waals surface area contributed by atoms with Gasteiger partial charge >= 0.3 is 6.09 Å². The summed E-state index contributed by atoms with van der Waals surface area (Å²) in [6.45, 7) is 3.16. The Labute approximate surface area is 330 Å². The van der Waals surface area contributed by atoms with Gasteiger partial charge in [-0.3, -0.25) is 19.2 Å². The molecule has 0 aliphatic heterocycles. The molecule has 0 saturated heterocycles. The smallest absolute Gasteiger partial charge is 0.407 e. The Hall–Kier alpha value is -5.91. The lowest BCUT2D eigenvalue weighted by Crippen LogP contribution is -2.43. The SMILES string of the molecule is CCCCC#CC#CCNC(=O)c1ccc(C(=O)NCCCCC(CC(=O)C(CCCCN)NC(=O)OCC2c3ccccc3-c3ccccc32)C(N)=O)cc1. The molecule has 7 N–H and O–H groups in total. The molecule has 4 amide bonds. The minimum absolute atomic E-state index is 0.110. The predicted octanol–water partition coefficient (Wildman–Crippen LogP) is 5.61. The van der Waals surface area contributed by atoms with Gasteiger partial charge in [-0.05, 0) is 103 Å². The van der Waals surface area contributed by atoms with Crippen LogP contribution in [0.5, 0.6) is 0 Å². The third-order valence-electron chi connectivity index (χ3n) is 9.73. The highest BCUT2D eigenvalue weighted by Gasteiger charge is 2.30. The summed E-state index contributed by atoms with van der Waals surface area (Å²) in [5.74, 6) is 8.89. The molecule has 3 aromatic carbocycles. The molecule has 294 valence electrons. The minimum atomic E-state index is -0.857. The van der Waals surface area contributed by atoms with Crippen LogP contribution in [0.3, 0.4) is 0 Å². The standard InChI is InChI=1S/C45H53N5O6/c1-2-3-4-5-6-7-15-28-48-43(53)32-23-25-33(26-24-32)44(54)49-29-16-13-17-34(42(47)52)30-41(51)40(22-12-14-27-46)50-45(55)56-31-39-37-20-10-8-18-35(37)36-19-9-11-21-38(36)39/h8-11,18-21,23-26,34,39-40H,2-4,12-14,16-17,22,27-31,46H2,1H3,(H2,47,52)(H,48,53)(H,49,54)(H,50,55). The number of hydrogen-bond acceptors (Lipinski definition) is 7. The van der Waals surface area contributed by atoms with Crippen molar-refractivity contribution in [3.63, 3.8) is 0 Å². The van der Waals surface area contributed by atoms with Crippen LogP contribution in [0.15, 0.2) is 72.8 Å². The van der Waals surface area contributed by atoms with E-state index in [2.05, 4.69) is 58.7 Å². The minimum Gasteiger partial charge on any atom is -0.449 e. The Morgan fingerprint density at radius 3 is 1.98 bits per heavy atom. The number of fused-ring (bicyclic) bond motifs is 3. The predicted molar refractivity (Wildman–Crippen MR) is 217 cm³/mol. The van der Waals surface area contributed by atoms with Crippen molar-refractivity contribution in [1.29, 1.82) is 0 Å². The van der Waals surface area contributed by atoms with E-state index in [0.717, 1.165) is 41.5 Å². The van der Waals surface area contributed by atoms with E-state index in [4.69, 9.17) is 16.2 Å². The summed E-state index contributed by atoms with van der Waals surface area (Å²) in [6.07, 6.45) is 5.15. The van der Waals surface area contributed by atoms with Crippen molar-refractivity contribution in [3.05, 3.63) is 95.1 Å². The molecule has 2 unspecified atom stereocenters. The largest absolute Gasteiger partial charge is 0.449 e. The topological polar surface area (TPSA) is 183 Å². The fraction of sp³-hybridized carbons (Fsp3) is 0.400. The van der Waals surface area contributed by atoms with Crippen LogP contribution in [0.1, 0.15) is 109 Å². The second kappa shape index (κ2) is 23.1. The summed E-state index contributed by atoms with van der Waals surface area (Å²) in [6, 6.07) is 21.5. The summed E-state index contributed by atoms with van der Waals surface area (Å²) in [4.78, 5) is 64.0. The van der Waals surface area contributed by atoms with E-state index < -0.39 is 24.0 Å². The average Bonchev–Trinajstić information content (AvgIpc) is 3.53. The van der Waals surface area contributed by atoms with Gasteiger partial charge in [-0.1, -0.05) is 80.1 Å². The summed E-state index contributed by atoms with van der Waals surface area (Å²) in [5, 5.41) is 8.30. The molecule has 0 heterocycles. The molecule has 0 radical (unpaired) electrons. The maximum atomic E-state index is 13.5. The molecule has 0 aromatic heterocycles. The monoisotopic (exact) mass is 759 g/mol. The van der Waals surface area contributed by atoms with Gasteiger partial charge in [-0.25, -0.2) is 4.79 Å². The number of amides is 4. The van der Waals surface area contributed by atoms with Crippen molar-refractivity contribution in [1.82, 2.24) is 16.0 Å². The fourth-order valence-electron chi connectivity index (χ4n) is 6.60. The van der Waals surface area contributed by atoms with Gasteiger partial charge in [-0.15, -0.1) is 0 Å². The van der Waals surface area contributed by atoms with Crippen LogP contribution in [0.2, 0.25) is 0 Å². The van der Waals surface area contributed by atoms with Crippen LogP contribution in [0.4, 0.5) is 4.79 Å². The maximum absolute atomic E-state index is 13.5. The van der Waals surface area contributed by atoms with Crippen molar-refractivity contribution in [2.45, 2.75) is 83.1 Å². The van der Waals surface area contributed by atoms with Crippen molar-refractivity contribution in [2.24, 2.45) is 17.4 Å². The zero-order valence-corrected chi connectivity index (χ0v) is 32.2. The third-order valence-corrected chi connectivity index (χ3v) is 9.73. The number of carbonyl (C=O) groups excluding carboxylic acids is 5. The number of unbranched alkanes of at least 4 members (excludes halogenated alkanes) is 4. The zero-order valence-electron chi connectivity index (χ0n) is 32.2. The molecule has 11 nitrogen and oxygen atoms in total. The lowest BCUT2D eigenvalue weighted by atomic mass is 9.91. The van der Waals surface area contributed by atoms with E-state index >= 15 is 0 Å². The van der Waals surface area contributed by atoms with E-state index in [0.29, 0.717) is 62.7 Å². The average molecular weight is 760 g/mol. The maximum Gasteiger partial charge on any atom is 0.407 e. The molecule has 2 atom stereocenters. The second-order valence-corrected chi connectivity index (χ2v) is 13.8. The number of ketones is 1. The lowest BCUT2D eigenvalue weighted by molar-refractivity contribution is -0.128. The number of alkyl carbamates (subject to hydrolysis) is 1. The Kier molecular flexibility index (Phi) is 17.7. The quantitative estimate of drug-likeness (QED) is 0.0691. The normalized spacial score (nSPS) is 12.3. The molecule has 0 saturated carbocycles. The van der Waals surface area contributed by atoms with Gasteiger partial charge in [0, 0.05) is 42.3 Å². The first kappa shape index (κ1) is 42.8. The number of nitrogens with two attached hydrogens (primary N) is 2. The molecular formula is C45H53N5O6. The van der Waals surface area contributed by atoms with Crippen LogP contribution in [0, 0.1) is 29.6 Å². The zero-order chi connectivity index (χ0) is 40.1. The van der Waals surface area contributed by atoms with Crippen LogP contribution in [0.25, 0.3) is 11.1 Å². The number of benzene rings is 3. The van der Waals surface area contributed by atoms with Crippen LogP contribution >= 0.6 is 0 Å². The van der Waals surface area contributed by atoms with E-state index in [1.165, 1.54) is 0 Å². The summed E-state index contributed by atoms with van der Waals surface area (Å²) < 4.78 is 5.69. The highest BCUT2D eigenvalue weighted by Crippen LogP contribution is 2.44. The summed E-state index contributed by atoms with van der Waals surface area (Å²) in [7, 11) is 0. The van der Waals surface area contributed by atoms with Gasteiger partial charge in [0.2, 0.25) is 5.91 Å². The number of ether oxygens (including phenoxy) is 1. The van der Waals surface area contributed by atoms with Gasteiger partial charge in [0.05, 0.1) is 12.6 Å².